The van der Waals surface area contributed by atoms with E-state index in [2.05, 4.69) is 0 Å². The van der Waals surface area contributed by atoms with Gasteiger partial charge in [-0.1, -0.05) is 6.92 Å². The quantitative estimate of drug-likeness (QED) is 0.644. The van der Waals surface area contributed by atoms with E-state index in [1.807, 2.05) is 6.92 Å². The molecule has 2 aliphatic rings. The van der Waals surface area contributed by atoms with Crippen molar-refractivity contribution < 1.29 is 23.8 Å². The van der Waals surface area contributed by atoms with E-state index in [-0.39, 0.29) is 30.6 Å². The molecule has 0 N–H and O–H groups in total. The monoisotopic (exact) mass is 298 g/mol. The summed E-state index contributed by atoms with van der Waals surface area (Å²) < 4.78 is 15.9. The summed E-state index contributed by atoms with van der Waals surface area (Å²) in [7, 11) is 0. The van der Waals surface area contributed by atoms with E-state index in [0.29, 0.717) is 19.1 Å². The number of carbonyl (C=O) groups is 2. The van der Waals surface area contributed by atoms with Crippen LogP contribution in [0.2, 0.25) is 0 Å². The Kier molecular flexibility index (Phi) is 6.49. The van der Waals surface area contributed by atoms with Gasteiger partial charge in [0, 0.05) is 0 Å². The molecule has 0 aromatic rings. The summed E-state index contributed by atoms with van der Waals surface area (Å²) in [6.45, 7) is 3.06. The van der Waals surface area contributed by atoms with Crippen LogP contribution in [0.3, 0.4) is 0 Å². The van der Waals surface area contributed by atoms with Crippen molar-refractivity contribution in [3.63, 3.8) is 0 Å². The Labute approximate surface area is 126 Å². The van der Waals surface area contributed by atoms with Crippen LogP contribution in [-0.2, 0) is 23.8 Å². The number of carbonyl (C=O) groups excluding carboxylic acids is 2. The Balaban J connectivity index is 1.55. The lowest BCUT2D eigenvalue weighted by Crippen LogP contribution is -2.29. The van der Waals surface area contributed by atoms with Crippen LogP contribution in [0.25, 0.3) is 0 Å². The van der Waals surface area contributed by atoms with Crippen LogP contribution in [-0.4, -0.2) is 37.9 Å². The zero-order valence-electron chi connectivity index (χ0n) is 12.8. The first kappa shape index (κ1) is 16.3. The molecular formula is C16H26O5. The molecule has 0 aliphatic heterocycles. The molecular weight excluding hydrogens is 272 g/mol. The molecule has 21 heavy (non-hydrogen) atoms. The van der Waals surface area contributed by atoms with Gasteiger partial charge < -0.3 is 14.2 Å². The number of hydrogen-bond acceptors (Lipinski definition) is 5. The van der Waals surface area contributed by atoms with Gasteiger partial charge >= 0.3 is 11.9 Å². The highest BCUT2D eigenvalue weighted by Gasteiger charge is 2.28. The summed E-state index contributed by atoms with van der Waals surface area (Å²) in [6, 6.07) is 0. The molecule has 5 heteroatoms. The summed E-state index contributed by atoms with van der Waals surface area (Å²) in [4.78, 5) is 23.2. The molecule has 0 atom stereocenters. The highest BCUT2D eigenvalue weighted by atomic mass is 16.6. The molecule has 0 amide bonds. The molecule has 2 rings (SSSR count). The summed E-state index contributed by atoms with van der Waals surface area (Å²) in [5, 5.41) is 0. The van der Waals surface area contributed by atoms with E-state index in [1.165, 1.54) is 12.8 Å². The minimum absolute atomic E-state index is 0.00165. The van der Waals surface area contributed by atoms with Gasteiger partial charge in [-0.3, -0.25) is 4.79 Å². The first-order chi connectivity index (χ1) is 10.2. The average Bonchev–Trinajstić information content (AvgIpc) is 3.33. The summed E-state index contributed by atoms with van der Waals surface area (Å²) in [5.74, 6) is 0.224. The maximum atomic E-state index is 11.7. The number of rotatable bonds is 8. The van der Waals surface area contributed by atoms with Crippen LogP contribution in [0, 0.1) is 11.8 Å². The van der Waals surface area contributed by atoms with Crippen molar-refractivity contribution >= 4 is 11.9 Å². The third-order valence-electron chi connectivity index (χ3n) is 4.07. The molecule has 2 aliphatic carbocycles. The Morgan fingerprint density at radius 2 is 1.71 bits per heavy atom. The van der Waals surface area contributed by atoms with Crippen molar-refractivity contribution in [2.75, 3.05) is 19.8 Å². The van der Waals surface area contributed by atoms with Crippen LogP contribution < -0.4 is 0 Å². The molecule has 5 nitrogen and oxygen atoms in total. The van der Waals surface area contributed by atoms with Gasteiger partial charge in [0.25, 0.3) is 0 Å². The van der Waals surface area contributed by atoms with Crippen molar-refractivity contribution in [3.8, 4) is 0 Å². The van der Waals surface area contributed by atoms with Crippen LogP contribution in [0.15, 0.2) is 0 Å². The Morgan fingerprint density at radius 3 is 2.33 bits per heavy atom. The summed E-state index contributed by atoms with van der Waals surface area (Å²) in [6.07, 6.45) is 6.44. The third-order valence-corrected chi connectivity index (χ3v) is 4.07. The van der Waals surface area contributed by atoms with E-state index in [4.69, 9.17) is 14.2 Å². The SMILES string of the molecule is CCCOC(=O)C1CCC(OCC(=O)OCC2CC2)CC1. The van der Waals surface area contributed by atoms with Crippen molar-refractivity contribution in [2.24, 2.45) is 11.8 Å². The van der Waals surface area contributed by atoms with Gasteiger partial charge in [-0.25, -0.2) is 4.79 Å². The van der Waals surface area contributed by atoms with E-state index < -0.39 is 0 Å². The minimum atomic E-state index is -0.272. The Bertz CT molecular complexity index is 343. The zero-order chi connectivity index (χ0) is 15.1. The second-order valence-corrected chi connectivity index (χ2v) is 6.08. The second-order valence-electron chi connectivity index (χ2n) is 6.08. The third kappa shape index (κ3) is 6.04. The molecule has 0 radical (unpaired) electrons. The maximum Gasteiger partial charge on any atom is 0.332 e. The number of esters is 2. The van der Waals surface area contributed by atoms with Crippen LogP contribution in [0.4, 0.5) is 0 Å². The fourth-order valence-corrected chi connectivity index (χ4v) is 2.51. The van der Waals surface area contributed by atoms with Crippen molar-refractivity contribution in [1.82, 2.24) is 0 Å². The molecule has 0 aromatic heterocycles. The predicted molar refractivity (Wildman–Crippen MR) is 76.6 cm³/mol. The highest BCUT2D eigenvalue weighted by molar-refractivity contribution is 5.72. The maximum absolute atomic E-state index is 11.7. The molecule has 0 saturated heterocycles. The lowest BCUT2D eigenvalue weighted by molar-refractivity contribution is -0.155. The number of ether oxygens (including phenoxy) is 3. The van der Waals surface area contributed by atoms with Gasteiger partial charge in [-0.2, -0.15) is 0 Å². The van der Waals surface area contributed by atoms with Crippen molar-refractivity contribution in [1.29, 1.82) is 0 Å². The van der Waals surface area contributed by atoms with Gasteiger partial charge in [-0.15, -0.1) is 0 Å². The van der Waals surface area contributed by atoms with Crippen molar-refractivity contribution in [2.45, 2.75) is 58.0 Å². The topological polar surface area (TPSA) is 61.8 Å². The smallest absolute Gasteiger partial charge is 0.332 e. The van der Waals surface area contributed by atoms with Crippen LogP contribution >= 0.6 is 0 Å². The molecule has 0 bridgehead atoms. The molecule has 120 valence electrons. The van der Waals surface area contributed by atoms with E-state index in [0.717, 1.165) is 32.1 Å². The molecule has 0 heterocycles. The van der Waals surface area contributed by atoms with Gasteiger partial charge in [0.15, 0.2) is 0 Å². The largest absolute Gasteiger partial charge is 0.465 e. The van der Waals surface area contributed by atoms with E-state index in [1.54, 1.807) is 0 Å². The Hall–Kier alpha value is -1.10. The average molecular weight is 298 g/mol. The van der Waals surface area contributed by atoms with Crippen molar-refractivity contribution in [3.05, 3.63) is 0 Å². The molecule has 0 unspecified atom stereocenters. The lowest BCUT2D eigenvalue weighted by atomic mass is 9.87. The summed E-state index contributed by atoms with van der Waals surface area (Å²) in [5.41, 5.74) is 0. The van der Waals surface area contributed by atoms with Gasteiger partial charge in [0.1, 0.15) is 6.61 Å². The lowest BCUT2D eigenvalue weighted by Gasteiger charge is -2.27. The predicted octanol–water partition coefficient (Wildman–Crippen LogP) is 2.47. The summed E-state index contributed by atoms with van der Waals surface area (Å²) >= 11 is 0. The van der Waals surface area contributed by atoms with Gasteiger partial charge in [0.2, 0.25) is 0 Å². The fraction of sp³-hybridized carbons (Fsp3) is 0.875. The molecule has 2 fully saturated rings. The normalized spacial score (nSPS) is 25.4. The standard InChI is InChI=1S/C16H26O5/c1-2-9-19-16(18)13-5-7-14(8-6-13)20-11-15(17)21-10-12-3-4-12/h12-14H,2-11H2,1H3. The first-order valence-electron chi connectivity index (χ1n) is 8.13. The highest BCUT2D eigenvalue weighted by Crippen LogP contribution is 2.29. The molecule has 0 spiro atoms. The van der Waals surface area contributed by atoms with Gasteiger partial charge in [0.05, 0.1) is 25.2 Å². The zero-order valence-corrected chi connectivity index (χ0v) is 12.8. The first-order valence-corrected chi connectivity index (χ1v) is 8.13. The molecule has 2 saturated carbocycles. The molecule has 0 aromatic carbocycles. The van der Waals surface area contributed by atoms with Gasteiger partial charge in [-0.05, 0) is 50.9 Å². The fourth-order valence-electron chi connectivity index (χ4n) is 2.51. The van der Waals surface area contributed by atoms with Crippen LogP contribution in [0.1, 0.15) is 51.9 Å². The Morgan fingerprint density at radius 1 is 1.00 bits per heavy atom. The van der Waals surface area contributed by atoms with Crippen LogP contribution in [0.5, 0.6) is 0 Å². The number of hydrogen-bond donors (Lipinski definition) is 0. The van der Waals surface area contributed by atoms with E-state index in [9.17, 15) is 9.59 Å². The van der Waals surface area contributed by atoms with E-state index >= 15 is 0 Å². The minimum Gasteiger partial charge on any atom is -0.465 e. The second kappa shape index (κ2) is 8.37.